The first-order chi connectivity index (χ1) is 14.3. The van der Waals surface area contributed by atoms with Crippen LogP contribution in [-0.2, 0) is 30.3 Å². The summed E-state index contributed by atoms with van der Waals surface area (Å²) in [5.74, 6) is 0.210. The molecule has 1 aromatic rings. The van der Waals surface area contributed by atoms with E-state index >= 15 is 0 Å². The second kappa shape index (κ2) is 11.3. The van der Waals surface area contributed by atoms with Crippen molar-refractivity contribution in [1.29, 1.82) is 0 Å². The maximum Gasteiger partial charge on any atom is 0.330 e. The molecular formula is C17H29N2O8PS3. The Labute approximate surface area is 193 Å². The first-order valence-corrected chi connectivity index (χ1v) is 14.4. The van der Waals surface area contributed by atoms with Crippen LogP contribution in [0.2, 0.25) is 0 Å². The quantitative estimate of drug-likeness (QED) is 0.182. The first-order valence-electron chi connectivity index (χ1n) is 9.52. The van der Waals surface area contributed by atoms with Crippen LogP contribution in [0.3, 0.4) is 0 Å². The van der Waals surface area contributed by atoms with Crippen molar-refractivity contribution in [3.8, 4) is 0 Å². The lowest BCUT2D eigenvalue weighted by Gasteiger charge is -2.28. The lowest BCUT2D eigenvalue weighted by Crippen LogP contribution is -2.40. The van der Waals surface area contributed by atoms with Gasteiger partial charge in [0.1, 0.15) is 24.3 Å². The van der Waals surface area contributed by atoms with Gasteiger partial charge < -0.3 is 24.0 Å². The SMILES string of the molecule is CC(C)OP(O)(=S)OC1[C@@H](CO)O[C@@H](n2ccc(=O)[nH]c2=O)[C@H]1OCSSC(C)(C)C. The summed E-state index contributed by atoms with van der Waals surface area (Å²) in [7, 11) is 3.06. The van der Waals surface area contributed by atoms with Crippen LogP contribution < -0.4 is 11.2 Å². The monoisotopic (exact) mass is 516 g/mol. The van der Waals surface area contributed by atoms with E-state index in [1.54, 1.807) is 24.6 Å². The highest BCUT2D eigenvalue weighted by Gasteiger charge is 2.49. The van der Waals surface area contributed by atoms with Gasteiger partial charge in [-0.1, -0.05) is 42.4 Å². The van der Waals surface area contributed by atoms with E-state index in [4.69, 9.17) is 30.3 Å². The highest BCUT2D eigenvalue weighted by Crippen LogP contribution is 2.50. The second-order valence-corrected chi connectivity index (χ2v) is 13.8. The van der Waals surface area contributed by atoms with E-state index in [2.05, 4.69) is 25.8 Å². The maximum absolute atomic E-state index is 12.3. The predicted molar refractivity (Wildman–Crippen MR) is 125 cm³/mol. The zero-order chi connectivity index (χ0) is 23.4. The van der Waals surface area contributed by atoms with E-state index < -0.39 is 49.1 Å². The molecule has 1 aromatic heterocycles. The summed E-state index contributed by atoms with van der Waals surface area (Å²) in [6.45, 7) is 5.43. The first kappa shape index (κ1) is 27.0. The van der Waals surface area contributed by atoms with Gasteiger partial charge in [0.15, 0.2) is 6.23 Å². The Bertz CT molecular complexity index is 887. The highest BCUT2D eigenvalue weighted by atomic mass is 33.1. The Morgan fingerprint density at radius 1 is 1.35 bits per heavy atom. The van der Waals surface area contributed by atoms with E-state index in [1.807, 2.05) is 0 Å². The van der Waals surface area contributed by atoms with Crippen LogP contribution in [0.4, 0.5) is 0 Å². The summed E-state index contributed by atoms with van der Waals surface area (Å²) in [5, 5.41) is 9.83. The maximum atomic E-state index is 12.3. The molecule has 0 bridgehead atoms. The zero-order valence-electron chi connectivity index (χ0n) is 17.9. The summed E-state index contributed by atoms with van der Waals surface area (Å²) < 4.78 is 24.0. The van der Waals surface area contributed by atoms with Gasteiger partial charge in [-0.3, -0.25) is 18.9 Å². The van der Waals surface area contributed by atoms with E-state index in [0.717, 1.165) is 4.57 Å². The van der Waals surface area contributed by atoms with Gasteiger partial charge in [0.2, 0.25) is 0 Å². The molecule has 1 aliphatic heterocycles. The van der Waals surface area contributed by atoms with E-state index in [0.29, 0.717) is 0 Å². The Balaban J connectivity index is 2.31. The van der Waals surface area contributed by atoms with Gasteiger partial charge in [-0.25, -0.2) is 4.79 Å². The smallest absolute Gasteiger partial charge is 0.330 e. The second-order valence-electron chi connectivity index (χ2n) is 8.02. The molecule has 1 saturated heterocycles. The number of nitrogens with zero attached hydrogens (tertiary/aromatic N) is 1. The van der Waals surface area contributed by atoms with Crippen LogP contribution >= 0.6 is 28.3 Å². The normalized spacial score (nSPS) is 26.3. The molecule has 178 valence electrons. The molecule has 2 unspecified atom stereocenters. The molecule has 0 saturated carbocycles. The Morgan fingerprint density at radius 3 is 2.58 bits per heavy atom. The van der Waals surface area contributed by atoms with Crippen molar-refractivity contribution in [2.24, 2.45) is 0 Å². The van der Waals surface area contributed by atoms with Crippen LogP contribution in [0.25, 0.3) is 0 Å². The molecule has 31 heavy (non-hydrogen) atoms. The molecule has 5 atom stereocenters. The molecule has 0 aliphatic carbocycles. The minimum absolute atomic E-state index is 0.00347. The fraction of sp³-hybridized carbons (Fsp3) is 0.765. The van der Waals surface area contributed by atoms with Crippen molar-refractivity contribution in [3.63, 3.8) is 0 Å². The van der Waals surface area contributed by atoms with E-state index in [9.17, 15) is 19.6 Å². The Morgan fingerprint density at radius 2 is 2.03 bits per heavy atom. The van der Waals surface area contributed by atoms with Gasteiger partial charge in [-0.2, -0.15) is 0 Å². The molecule has 2 rings (SSSR count). The number of aromatic nitrogens is 2. The van der Waals surface area contributed by atoms with Crippen LogP contribution in [0.15, 0.2) is 21.9 Å². The number of aliphatic hydroxyl groups is 1. The minimum atomic E-state index is -3.68. The zero-order valence-corrected chi connectivity index (χ0v) is 21.3. The van der Waals surface area contributed by atoms with Gasteiger partial charge >= 0.3 is 12.4 Å². The summed E-state index contributed by atoms with van der Waals surface area (Å²) >= 11 is 5.10. The lowest BCUT2D eigenvalue weighted by atomic mass is 10.1. The molecule has 0 radical (unpaired) electrons. The number of H-pyrrole nitrogens is 1. The predicted octanol–water partition coefficient (Wildman–Crippen LogP) is 1.98. The number of aliphatic hydroxyl groups excluding tert-OH is 1. The third kappa shape index (κ3) is 8.26. The summed E-state index contributed by atoms with van der Waals surface area (Å²) in [6, 6.07) is 1.17. The number of nitrogens with one attached hydrogen (secondary N) is 1. The average Bonchev–Trinajstić information content (AvgIpc) is 2.93. The molecule has 0 amide bonds. The van der Waals surface area contributed by atoms with Gasteiger partial charge in [0.05, 0.1) is 12.7 Å². The van der Waals surface area contributed by atoms with Gasteiger partial charge in [-0.15, -0.1) is 0 Å². The van der Waals surface area contributed by atoms with Crippen LogP contribution in [0.1, 0.15) is 40.8 Å². The van der Waals surface area contributed by atoms with E-state index in [-0.39, 0.29) is 16.8 Å². The summed E-state index contributed by atoms with van der Waals surface area (Å²) in [6.07, 6.45) is -3.01. The fourth-order valence-corrected chi connectivity index (χ4v) is 6.71. The number of rotatable bonds is 10. The third-order valence-electron chi connectivity index (χ3n) is 3.81. The third-order valence-corrected chi connectivity index (χ3v) is 8.51. The average molecular weight is 517 g/mol. The fourth-order valence-electron chi connectivity index (χ4n) is 2.76. The van der Waals surface area contributed by atoms with Crippen molar-refractivity contribution in [2.75, 3.05) is 12.5 Å². The van der Waals surface area contributed by atoms with Crippen molar-refractivity contribution < 1.29 is 28.5 Å². The summed E-state index contributed by atoms with van der Waals surface area (Å²) in [4.78, 5) is 36.4. The molecule has 1 aliphatic rings. The largest absolute Gasteiger partial charge is 0.394 e. The lowest BCUT2D eigenvalue weighted by molar-refractivity contribution is -0.0648. The Hall–Kier alpha value is -0.210. The molecule has 2 heterocycles. The van der Waals surface area contributed by atoms with E-state index in [1.165, 1.54) is 23.1 Å². The molecule has 1 fully saturated rings. The van der Waals surface area contributed by atoms with Crippen LogP contribution in [0.5, 0.6) is 0 Å². The van der Waals surface area contributed by atoms with Crippen LogP contribution in [-0.4, -0.2) is 61.3 Å². The standard InChI is InChI=1S/C17H29N2O8PS3/c1-10(2)26-28(23,29)27-13-11(8-20)25-15(19-7-6-12(21)18-16(19)22)14(13)24-9-30-31-17(3,4)5/h6-7,10-11,13-15,20H,8-9H2,1-5H3,(H,23,29)(H,18,21,22)/t11-,13?,14+,15-,28?/m1/s1. The highest BCUT2D eigenvalue weighted by molar-refractivity contribution is 8.77. The van der Waals surface area contributed by atoms with Crippen molar-refractivity contribution in [3.05, 3.63) is 33.1 Å². The molecule has 0 spiro atoms. The van der Waals surface area contributed by atoms with Gasteiger partial charge in [0.25, 0.3) is 5.56 Å². The number of aromatic amines is 1. The molecule has 3 N–H and O–H groups in total. The number of hydrogen-bond acceptors (Lipinski definition) is 10. The summed E-state index contributed by atoms with van der Waals surface area (Å²) in [5.41, 5.74) is -1.27. The van der Waals surface area contributed by atoms with Gasteiger partial charge in [0, 0.05) is 17.0 Å². The topological polar surface area (TPSA) is 132 Å². The van der Waals surface area contributed by atoms with Crippen molar-refractivity contribution >= 4 is 40.1 Å². The molecule has 0 aromatic carbocycles. The minimum Gasteiger partial charge on any atom is -0.394 e. The van der Waals surface area contributed by atoms with Crippen molar-refractivity contribution in [2.45, 2.75) is 70.0 Å². The molecule has 14 heteroatoms. The number of ether oxygens (including phenoxy) is 2. The molecular weight excluding hydrogens is 487 g/mol. The van der Waals surface area contributed by atoms with Crippen molar-refractivity contribution in [1.82, 2.24) is 9.55 Å². The molecule has 10 nitrogen and oxygen atoms in total. The van der Waals surface area contributed by atoms with Crippen LogP contribution in [0, 0.1) is 0 Å². The Kier molecular flexibility index (Phi) is 9.84. The number of hydrogen-bond donors (Lipinski definition) is 3. The van der Waals surface area contributed by atoms with Gasteiger partial charge in [-0.05, 0) is 25.7 Å².